The first-order valence-electron chi connectivity index (χ1n) is 5.79. The molecule has 0 saturated carbocycles. The third-order valence-electron chi connectivity index (χ3n) is 2.71. The van der Waals surface area contributed by atoms with Gasteiger partial charge < -0.3 is 21.3 Å². The minimum Gasteiger partial charge on any atom is -0.744 e. The van der Waals surface area contributed by atoms with Crippen LogP contribution in [0.1, 0.15) is 10.4 Å². The molecule has 0 heterocycles. The molecule has 1 amide bonds. The van der Waals surface area contributed by atoms with Gasteiger partial charge in [-0.2, -0.15) is 0 Å². The largest absolute Gasteiger partial charge is 1.00 e. The monoisotopic (exact) mass is 329 g/mol. The van der Waals surface area contributed by atoms with Gasteiger partial charge in [0.15, 0.2) is 0 Å². The topological polar surface area (TPSA) is 138 Å². The van der Waals surface area contributed by atoms with Crippen molar-refractivity contribution < 1.29 is 47.3 Å². The van der Waals surface area contributed by atoms with Crippen molar-refractivity contribution in [2.75, 3.05) is 16.8 Å². The van der Waals surface area contributed by atoms with Gasteiger partial charge in [0.2, 0.25) is 0 Å². The minimum absolute atomic E-state index is 0. The summed E-state index contributed by atoms with van der Waals surface area (Å²) >= 11 is 0. The molecule has 0 saturated heterocycles. The minimum atomic E-state index is -4.64. The van der Waals surface area contributed by atoms with Gasteiger partial charge in [0.25, 0.3) is 5.91 Å². The van der Waals surface area contributed by atoms with Gasteiger partial charge in [-0.1, -0.05) is 0 Å². The van der Waals surface area contributed by atoms with Gasteiger partial charge in [-0.25, -0.2) is 8.42 Å². The quantitative estimate of drug-likeness (QED) is 0.339. The summed E-state index contributed by atoms with van der Waals surface area (Å²) in [6.45, 7) is 0. The van der Waals surface area contributed by atoms with Crippen molar-refractivity contribution in [2.45, 2.75) is 4.90 Å². The van der Waals surface area contributed by atoms with Crippen LogP contribution in [0.25, 0.3) is 0 Å². The standard InChI is InChI=1S/C13H13N3O4S.Na/c14-9-3-1-8(2-4-9)13(17)16-10-5-6-12(11(15)7-10)21(18,19)20;/h1-7H,14-15H2,(H,16,17)(H,18,19,20);/q;+1/p-1. The van der Waals surface area contributed by atoms with Crippen LogP contribution >= 0.6 is 0 Å². The average Bonchev–Trinajstić information content (AvgIpc) is 2.37. The van der Waals surface area contributed by atoms with E-state index in [9.17, 15) is 17.8 Å². The Kier molecular flexibility index (Phi) is 5.98. The molecular weight excluding hydrogens is 317 g/mol. The number of hydrogen-bond donors (Lipinski definition) is 3. The van der Waals surface area contributed by atoms with E-state index in [1.165, 1.54) is 12.1 Å². The van der Waals surface area contributed by atoms with Crippen molar-refractivity contribution in [2.24, 2.45) is 0 Å². The van der Waals surface area contributed by atoms with E-state index in [1.807, 2.05) is 0 Å². The first-order chi connectivity index (χ1) is 9.77. The average molecular weight is 329 g/mol. The fourth-order valence-corrected chi connectivity index (χ4v) is 2.27. The number of rotatable bonds is 3. The first kappa shape index (κ1) is 18.5. The molecule has 110 valence electrons. The second-order valence-corrected chi connectivity index (χ2v) is 5.63. The Labute approximate surface area is 149 Å². The molecule has 0 unspecified atom stereocenters. The molecular formula is C13H12N3NaO4S. The second kappa shape index (κ2) is 7.12. The zero-order valence-electron chi connectivity index (χ0n) is 11.7. The Balaban J connectivity index is 0.00000242. The van der Waals surface area contributed by atoms with E-state index < -0.39 is 20.9 Å². The predicted molar refractivity (Wildman–Crippen MR) is 77.6 cm³/mol. The van der Waals surface area contributed by atoms with Crippen LogP contribution < -0.4 is 46.3 Å². The molecule has 2 aromatic carbocycles. The molecule has 0 aliphatic heterocycles. The number of hydrogen-bond acceptors (Lipinski definition) is 6. The Morgan fingerprint density at radius 2 is 1.64 bits per heavy atom. The number of benzene rings is 2. The first-order valence-corrected chi connectivity index (χ1v) is 7.20. The van der Waals surface area contributed by atoms with Gasteiger partial charge in [0.1, 0.15) is 10.1 Å². The predicted octanol–water partition coefficient (Wildman–Crippen LogP) is -1.99. The van der Waals surface area contributed by atoms with E-state index in [0.29, 0.717) is 11.3 Å². The van der Waals surface area contributed by atoms with Crippen molar-refractivity contribution in [3.63, 3.8) is 0 Å². The van der Waals surface area contributed by atoms with E-state index in [4.69, 9.17) is 11.5 Å². The maximum atomic E-state index is 11.9. The van der Waals surface area contributed by atoms with Crippen molar-refractivity contribution in [1.29, 1.82) is 0 Å². The van der Waals surface area contributed by atoms with Gasteiger partial charge in [0, 0.05) is 16.9 Å². The van der Waals surface area contributed by atoms with Gasteiger partial charge >= 0.3 is 29.6 Å². The zero-order chi connectivity index (χ0) is 15.6. The summed E-state index contributed by atoms with van der Waals surface area (Å²) in [6, 6.07) is 9.80. The molecule has 0 aliphatic rings. The molecule has 0 fully saturated rings. The number of nitrogen functional groups attached to an aromatic ring is 2. The van der Waals surface area contributed by atoms with Gasteiger partial charge in [-0.3, -0.25) is 4.79 Å². The second-order valence-electron chi connectivity index (χ2n) is 4.28. The molecule has 9 heteroatoms. The molecule has 7 nitrogen and oxygen atoms in total. The van der Waals surface area contributed by atoms with Crippen molar-refractivity contribution in [3.8, 4) is 0 Å². The Bertz CT molecular complexity index is 791. The van der Waals surface area contributed by atoms with Crippen LogP contribution in [0.3, 0.4) is 0 Å². The maximum absolute atomic E-state index is 11.9. The fourth-order valence-electron chi connectivity index (χ4n) is 1.69. The molecule has 0 bridgehead atoms. The van der Waals surface area contributed by atoms with Crippen LogP contribution in [-0.4, -0.2) is 18.9 Å². The van der Waals surface area contributed by atoms with Gasteiger partial charge in [-0.05, 0) is 42.5 Å². The van der Waals surface area contributed by atoms with E-state index in [0.717, 1.165) is 6.07 Å². The molecule has 0 atom stereocenters. The van der Waals surface area contributed by atoms with Crippen LogP contribution in [0, 0.1) is 0 Å². The number of carbonyl (C=O) groups excluding carboxylic acids is 1. The number of carbonyl (C=O) groups is 1. The van der Waals surface area contributed by atoms with Crippen LogP contribution in [0.15, 0.2) is 47.4 Å². The number of nitrogens with one attached hydrogen (secondary N) is 1. The third-order valence-corrected chi connectivity index (χ3v) is 3.62. The summed E-state index contributed by atoms with van der Waals surface area (Å²) in [5, 5.41) is 2.54. The zero-order valence-corrected chi connectivity index (χ0v) is 14.6. The number of nitrogens with two attached hydrogens (primary N) is 2. The molecule has 0 aliphatic carbocycles. The number of amides is 1. The molecule has 0 radical (unpaired) electrons. The molecule has 22 heavy (non-hydrogen) atoms. The van der Waals surface area contributed by atoms with Crippen LogP contribution in [0.2, 0.25) is 0 Å². The van der Waals surface area contributed by atoms with Gasteiger partial charge in [-0.15, -0.1) is 0 Å². The summed E-state index contributed by atoms with van der Waals surface area (Å²) in [7, 11) is -4.64. The molecule has 2 aromatic rings. The summed E-state index contributed by atoms with van der Waals surface area (Å²) < 4.78 is 32.7. The van der Waals surface area contributed by atoms with Gasteiger partial charge in [0.05, 0.1) is 10.6 Å². The smallest absolute Gasteiger partial charge is 0.744 e. The van der Waals surface area contributed by atoms with Crippen molar-refractivity contribution >= 4 is 33.1 Å². The number of anilines is 3. The normalized spacial score (nSPS) is 10.6. The van der Waals surface area contributed by atoms with Crippen LogP contribution in [0.5, 0.6) is 0 Å². The molecule has 2 rings (SSSR count). The van der Waals surface area contributed by atoms with E-state index >= 15 is 0 Å². The van der Waals surface area contributed by atoms with E-state index in [-0.39, 0.29) is 40.9 Å². The fraction of sp³-hybridized carbons (Fsp3) is 0. The Morgan fingerprint density at radius 1 is 1.05 bits per heavy atom. The molecule has 0 spiro atoms. The SMILES string of the molecule is Nc1ccc(C(=O)Nc2ccc(S(=O)(=O)[O-])c(N)c2)cc1.[Na+]. The molecule has 0 aromatic heterocycles. The van der Waals surface area contributed by atoms with E-state index in [2.05, 4.69) is 5.32 Å². The van der Waals surface area contributed by atoms with Crippen molar-refractivity contribution in [1.82, 2.24) is 0 Å². The summed E-state index contributed by atoms with van der Waals surface area (Å²) in [5.41, 5.74) is 12.0. The third kappa shape index (κ3) is 4.46. The Morgan fingerprint density at radius 3 is 2.14 bits per heavy atom. The van der Waals surface area contributed by atoms with Crippen LogP contribution in [-0.2, 0) is 10.1 Å². The Hall–Kier alpha value is -1.58. The van der Waals surface area contributed by atoms with Crippen LogP contribution in [0.4, 0.5) is 17.1 Å². The van der Waals surface area contributed by atoms with Crippen molar-refractivity contribution in [3.05, 3.63) is 48.0 Å². The summed E-state index contributed by atoms with van der Waals surface area (Å²) in [6.07, 6.45) is 0. The maximum Gasteiger partial charge on any atom is 1.00 e. The van der Waals surface area contributed by atoms with E-state index in [1.54, 1.807) is 24.3 Å². The molecule has 5 N–H and O–H groups in total. The summed E-state index contributed by atoms with van der Waals surface area (Å²) in [4.78, 5) is 11.4. The summed E-state index contributed by atoms with van der Waals surface area (Å²) in [5.74, 6) is -0.410.